The van der Waals surface area contributed by atoms with E-state index in [-0.39, 0.29) is 54.0 Å². The molecule has 2 heterocycles. The second kappa shape index (κ2) is 9.33. The summed E-state index contributed by atoms with van der Waals surface area (Å²) in [5, 5.41) is 24.2. The average molecular weight is 503 g/mol. The highest BCUT2D eigenvalue weighted by Crippen LogP contribution is 2.65. The quantitative estimate of drug-likeness (QED) is 0.549. The lowest BCUT2D eigenvalue weighted by Crippen LogP contribution is -2.69. The van der Waals surface area contributed by atoms with Gasteiger partial charge in [-0.25, -0.2) is 0 Å². The first-order chi connectivity index (χ1) is 14.8. The fraction of sp³-hybridized carbons (Fsp3) is 0.708. The van der Waals surface area contributed by atoms with Gasteiger partial charge in [0.25, 0.3) is 0 Å². The Kier molecular flexibility index (Phi) is 7.40. The Morgan fingerprint density at radius 3 is 2.76 bits per heavy atom. The van der Waals surface area contributed by atoms with Crippen molar-refractivity contribution < 1.29 is 24.5 Å². The van der Waals surface area contributed by atoms with E-state index in [4.69, 9.17) is 9.47 Å². The summed E-state index contributed by atoms with van der Waals surface area (Å²) < 4.78 is 12.3. The number of carboxylic acid groups (broad SMARTS) is 1. The minimum absolute atomic E-state index is 0. The van der Waals surface area contributed by atoms with E-state index in [9.17, 15) is 15.0 Å². The number of hydrogen-bond acceptors (Lipinski definition) is 6. The van der Waals surface area contributed by atoms with Crippen molar-refractivity contribution in [1.82, 2.24) is 10.2 Å². The largest absolute Gasteiger partial charge is 0.504 e. The van der Waals surface area contributed by atoms with Crippen molar-refractivity contribution >= 4 is 30.8 Å². The number of methoxy groups -OCH3 is 1. The molecular formula is C24H36Cl2N2O5. The maximum absolute atomic E-state index is 12.0. The van der Waals surface area contributed by atoms with Crippen molar-refractivity contribution in [3.63, 3.8) is 0 Å². The van der Waals surface area contributed by atoms with Gasteiger partial charge in [0.05, 0.1) is 7.11 Å². The maximum Gasteiger partial charge on any atom is 0.320 e. The Bertz CT molecular complexity index is 915. The van der Waals surface area contributed by atoms with E-state index in [1.807, 2.05) is 13.8 Å². The van der Waals surface area contributed by atoms with E-state index in [0.717, 1.165) is 55.5 Å². The van der Waals surface area contributed by atoms with Crippen LogP contribution in [-0.4, -0.2) is 66.0 Å². The normalized spacial score (nSPS) is 33.0. The number of halogens is 2. The lowest BCUT2D eigenvalue weighted by molar-refractivity contribution is -0.142. The number of benzene rings is 1. The zero-order valence-corrected chi connectivity index (χ0v) is 21.3. The van der Waals surface area contributed by atoms with Crippen molar-refractivity contribution in [2.24, 2.45) is 11.8 Å². The predicted octanol–water partition coefficient (Wildman–Crippen LogP) is 3.37. The van der Waals surface area contributed by atoms with Crippen LogP contribution in [0.4, 0.5) is 0 Å². The summed E-state index contributed by atoms with van der Waals surface area (Å²) >= 11 is 0. The zero-order chi connectivity index (χ0) is 22.1. The third kappa shape index (κ3) is 3.58. The van der Waals surface area contributed by atoms with Gasteiger partial charge in [0.15, 0.2) is 11.5 Å². The number of rotatable bonds is 6. The molecular weight excluding hydrogens is 467 g/mol. The van der Waals surface area contributed by atoms with Gasteiger partial charge in [-0.1, -0.05) is 20.3 Å². The molecule has 2 fully saturated rings. The molecule has 0 amide bonds. The number of nitrogens with one attached hydrogen (secondary N) is 1. The number of nitrogens with zero attached hydrogens (tertiary/aromatic N) is 1. The van der Waals surface area contributed by atoms with Crippen molar-refractivity contribution in [3.8, 4) is 17.2 Å². The van der Waals surface area contributed by atoms with Gasteiger partial charge in [0.2, 0.25) is 0 Å². The molecule has 3 N–H and O–H groups in total. The van der Waals surface area contributed by atoms with E-state index >= 15 is 0 Å². The molecule has 2 bridgehead atoms. The highest BCUT2D eigenvalue weighted by Gasteiger charge is 2.66. The van der Waals surface area contributed by atoms with Gasteiger partial charge < -0.3 is 24.6 Å². The number of aromatic hydroxyl groups is 1. The maximum atomic E-state index is 12.0. The van der Waals surface area contributed by atoms with Gasteiger partial charge >= 0.3 is 5.97 Å². The fourth-order valence-corrected chi connectivity index (χ4v) is 7.09. The lowest BCUT2D eigenvalue weighted by Gasteiger charge is -2.59. The fourth-order valence-electron chi connectivity index (χ4n) is 7.09. The van der Waals surface area contributed by atoms with Crippen LogP contribution in [0, 0.1) is 11.8 Å². The highest BCUT2D eigenvalue weighted by molar-refractivity contribution is 5.85. The van der Waals surface area contributed by atoms with Crippen LogP contribution in [-0.2, 0) is 16.6 Å². The van der Waals surface area contributed by atoms with Crippen molar-refractivity contribution in [3.05, 3.63) is 17.2 Å². The molecule has 7 nitrogen and oxygen atoms in total. The molecule has 1 saturated carbocycles. The van der Waals surface area contributed by atoms with Gasteiger partial charge in [-0.05, 0) is 51.1 Å². The van der Waals surface area contributed by atoms with Gasteiger partial charge in [0.1, 0.15) is 17.9 Å². The first-order valence-electron chi connectivity index (χ1n) is 11.6. The molecule has 7 atom stereocenters. The van der Waals surface area contributed by atoms with Gasteiger partial charge in [-0.3, -0.25) is 10.1 Å². The summed E-state index contributed by atoms with van der Waals surface area (Å²) in [7, 11) is 3.86. The number of carbonyl (C=O) groups is 1. The summed E-state index contributed by atoms with van der Waals surface area (Å²) in [5.41, 5.74) is 2.08. The van der Waals surface area contributed by atoms with Crippen LogP contribution < -0.4 is 14.8 Å². The van der Waals surface area contributed by atoms with E-state index < -0.39 is 12.0 Å². The van der Waals surface area contributed by atoms with Gasteiger partial charge in [-0.15, -0.1) is 24.8 Å². The van der Waals surface area contributed by atoms with Crippen LogP contribution in [0.15, 0.2) is 6.07 Å². The molecule has 4 aliphatic rings. The zero-order valence-electron chi connectivity index (χ0n) is 19.7. The molecule has 33 heavy (non-hydrogen) atoms. The average Bonchev–Trinajstić information content (AvgIpc) is 3.10. The molecule has 2 aliphatic carbocycles. The number of piperidine rings is 1. The number of likely N-dealkylation sites (N-methyl/N-ethyl adjacent to an activating group) is 1. The van der Waals surface area contributed by atoms with Crippen molar-refractivity contribution in [1.29, 1.82) is 0 Å². The summed E-state index contributed by atoms with van der Waals surface area (Å²) in [6.45, 7) is 4.98. The molecule has 1 saturated heterocycles. The molecule has 2 aliphatic heterocycles. The molecule has 0 radical (unpaired) electrons. The highest BCUT2D eigenvalue weighted by atomic mass is 35.5. The van der Waals surface area contributed by atoms with E-state index in [0.29, 0.717) is 17.7 Å². The molecule has 186 valence electrons. The van der Waals surface area contributed by atoms with Crippen LogP contribution in [0.3, 0.4) is 0 Å². The second-order valence-electron chi connectivity index (χ2n) is 10.0. The number of likely N-dealkylation sites (tertiary alicyclic amines) is 1. The number of carboxylic acids is 1. The van der Waals surface area contributed by atoms with Gasteiger partial charge in [0, 0.05) is 34.7 Å². The minimum atomic E-state index is -0.806. The third-order valence-corrected chi connectivity index (χ3v) is 8.78. The number of ether oxygens (including phenoxy) is 2. The standard InChI is InChI=1S/C24H34N2O5.2ClH/c1-5-12(2)20(23(28)29)25-15-7-6-14-16-10-13-18(30-4)11-17(27)21-19(13)24(14,22(15)31-21)8-9-26(16)3;;/h11-12,14-16,20,22,25,27H,5-10H2,1-4H3,(H,28,29);2*1H/t12-,14-,15-,16+,20-,22-,24-;;/m0../s1. The molecule has 5 rings (SSSR count). The van der Waals surface area contributed by atoms with Crippen LogP contribution >= 0.6 is 24.8 Å². The molecule has 0 unspecified atom stereocenters. The Hall–Kier alpha value is -1.41. The Labute approximate surface area is 208 Å². The minimum Gasteiger partial charge on any atom is -0.504 e. The van der Waals surface area contributed by atoms with Crippen molar-refractivity contribution in [2.75, 3.05) is 20.7 Å². The number of phenols is 1. The summed E-state index contributed by atoms with van der Waals surface area (Å²) in [5.74, 6) is 1.11. The molecule has 0 aromatic heterocycles. The second-order valence-corrected chi connectivity index (χ2v) is 10.0. The summed E-state index contributed by atoms with van der Waals surface area (Å²) in [4.78, 5) is 14.5. The number of hydrogen-bond donors (Lipinski definition) is 3. The first-order valence-corrected chi connectivity index (χ1v) is 11.6. The topological polar surface area (TPSA) is 91.3 Å². The first kappa shape index (κ1) is 26.2. The number of aliphatic carboxylic acids is 1. The van der Waals surface area contributed by atoms with Crippen molar-refractivity contribution in [2.45, 2.75) is 75.6 Å². The van der Waals surface area contributed by atoms with E-state index in [2.05, 4.69) is 17.3 Å². The number of phenolic OH excluding ortho intramolecular Hbond substituents is 1. The van der Waals surface area contributed by atoms with Crippen LogP contribution in [0.1, 0.15) is 50.7 Å². The molecule has 9 heteroatoms. The molecule has 1 spiro atoms. The SMILES string of the molecule is CC[C@H](C)[C@H](N[C@H]1CC[C@H]2[C@H]3Cc4c(OC)cc(O)c5c4[C@@]2(CCN3C)[C@H]1O5)C(=O)O.Cl.Cl. The Balaban J connectivity index is 0.00000153. The lowest BCUT2D eigenvalue weighted by atomic mass is 9.51. The summed E-state index contributed by atoms with van der Waals surface area (Å²) in [6.07, 6.45) is 4.36. The Morgan fingerprint density at radius 1 is 1.39 bits per heavy atom. The predicted molar refractivity (Wildman–Crippen MR) is 131 cm³/mol. The van der Waals surface area contributed by atoms with Crippen LogP contribution in [0.25, 0.3) is 0 Å². The van der Waals surface area contributed by atoms with Crippen LogP contribution in [0.5, 0.6) is 17.2 Å². The molecule has 1 aromatic rings. The van der Waals surface area contributed by atoms with E-state index in [1.165, 1.54) is 0 Å². The third-order valence-electron chi connectivity index (χ3n) is 8.78. The van der Waals surface area contributed by atoms with Gasteiger partial charge in [-0.2, -0.15) is 0 Å². The molecule has 1 aromatic carbocycles. The summed E-state index contributed by atoms with van der Waals surface area (Å²) in [6, 6.07) is 1.41. The smallest absolute Gasteiger partial charge is 0.320 e. The van der Waals surface area contributed by atoms with Crippen LogP contribution in [0.2, 0.25) is 0 Å². The monoisotopic (exact) mass is 502 g/mol. The Morgan fingerprint density at radius 2 is 2.12 bits per heavy atom. The van der Waals surface area contributed by atoms with E-state index in [1.54, 1.807) is 13.2 Å².